The maximum Gasteiger partial charge on any atom is 0.232 e. The Morgan fingerprint density at radius 3 is 2.96 bits per heavy atom. The Bertz CT molecular complexity index is 897. The first kappa shape index (κ1) is 16.9. The van der Waals surface area contributed by atoms with Gasteiger partial charge in [-0.3, -0.25) is 9.78 Å². The van der Waals surface area contributed by atoms with Crippen LogP contribution in [0.15, 0.2) is 10.7 Å². The standard InChI is InChI=1S/C20H24N4O3/c1-12-16(17-22-18(27-23-17)13-4-8-26-11-13)15-3-7-24(10-14(15)9-21-12)19(25)20(2)5-6-20/h9,13H,3-8,10-11H2,1-2H3. The van der Waals surface area contributed by atoms with Crippen LogP contribution in [0.25, 0.3) is 11.4 Å². The lowest BCUT2D eigenvalue weighted by molar-refractivity contribution is -0.137. The smallest absolute Gasteiger partial charge is 0.232 e. The maximum absolute atomic E-state index is 12.7. The van der Waals surface area contributed by atoms with Crippen LogP contribution in [0.3, 0.4) is 0 Å². The van der Waals surface area contributed by atoms with Crippen molar-refractivity contribution in [1.82, 2.24) is 20.0 Å². The molecule has 1 atom stereocenters. The Balaban J connectivity index is 1.46. The minimum Gasteiger partial charge on any atom is -0.381 e. The van der Waals surface area contributed by atoms with E-state index in [0.29, 0.717) is 24.9 Å². The minimum atomic E-state index is -0.135. The summed E-state index contributed by atoms with van der Waals surface area (Å²) in [4.78, 5) is 23.9. The molecule has 2 aliphatic heterocycles. The number of hydrogen-bond donors (Lipinski definition) is 0. The average Bonchev–Trinajstić information content (AvgIpc) is 3.08. The lowest BCUT2D eigenvalue weighted by Crippen LogP contribution is -2.40. The van der Waals surface area contributed by atoms with E-state index in [1.807, 2.05) is 18.0 Å². The predicted molar refractivity (Wildman–Crippen MR) is 96.9 cm³/mol. The summed E-state index contributed by atoms with van der Waals surface area (Å²) in [6.45, 7) is 6.78. The zero-order chi connectivity index (χ0) is 18.6. The molecule has 142 valence electrons. The van der Waals surface area contributed by atoms with Crippen molar-refractivity contribution in [2.75, 3.05) is 19.8 Å². The summed E-state index contributed by atoms with van der Waals surface area (Å²) in [7, 11) is 0. The molecule has 1 saturated heterocycles. The fourth-order valence-electron chi connectivity index (χ4n) is 4.13. The molecule has 1 saturated carbocycles. The number of hydrogen-bond acceptors (Lipinski definition) is 6. The van der Waals surface area contributed by atoms with Crippen molar-refractivity contribution in [3.05, 3.63) is 28.9 Å². The highest BCUT2D eigenvalue weighted by atomic mass is 16.5. The van der Waals surface area contributed by atoms with Gasteiger partial charge in [0.25, 0.3) is 0 Å². The molecule has 0 aromatic carbocycles. The quantitative estimate of drug-likeness (QED) is 0.828. The van der Waals surface area contributed by atoms with Gasteiger partial charge in [-0.1, -0.05) is 12.1 Å². The molecule has 27 heavy (non-hydrogen) atoms. The normalized spacial score (nSPS) is 23.3. The molecule has 7 nitrogen and oxygen atoms in total. The van der Waals surface area contributed by atoms with Gasteiger partial charge in [0.1, 0.15) is 0 Å². The zero-order valence-corrected chi connectivity index (χ0v) is 15.8. The summed E-state index contributed by atoms with van der Waals surface area (Å²) < 4.78 is 11.0. The van der Waals surface area contributed by atoms with Crippen molar-refractivity contribution in [3.8, 4) is 11.4 Å². The SMILES string of the molecule is Cc1ncc2c(c1-c1noc(C3CCOC3)n1)CCN(C(=O)C1(C)CC1)C2. The van der Waals surface area contributed by atoms with E-state index in [1.54, 1.807) is 0 Å². The predicted octanol–water partition coefficient (Wildman–Crippen LogP) is 2.63. The number of pyridine rings is 1. The van der Waals surface area contributed by atoms with E-state index in [-0.39, 0.29) is 17.2 Å². The monoisotopic (exact) mass is 368 g/mol. The second kappa shape index (κ2) is 6.12. The molecular formula is C20H24N4O3. The van der Waals surface area contributed by atoms with Crippen molar-refractivity contribution in [3.63, 3.8) is 0 Å². The Kier molecular flexibility index (Phi) is 3.82. The van der Waals surface area contributed by atoms with E-state index in [0.717, 1.165) is 55.7 Å². The molecule has 0 spiro atoms. The third-order valence-electron chi connectivity index (χ3n) is 6.21. The number of carbonyl (C=O) groups is 1. The molecule has 3 aliphatic rings. The van der Waals surface area contributed by atoms with E-state index >= 15 is 0 Å². The highest BCUT2D eigenvalue weighted by molar-refractivity contribution is 5.85. The van der Waals surface area contributed by atoms with Crippen LogP contribution in [0, 0.1) is 12.3 Å². The van der Waals surface area contributed by atoms with Gasteiger partial charge >= 0.3 is 0 Å². The van der Waals surface area contributed by atoms with Crippen LogP contribution in [-0.2, 0) is 22.5 Å². The molecule has 5 rings (SSSR count). The Hall–Kier alpha value is -2.28. The molecule has 0 N–H and O–H groups in total. The van der Waals surface area contributed by atoms with Gasteiger partial charge in [0.05, 0.1) is 12.5 Å². The highest BCUT2D eigenvalue weighted by Crippen LogP contribution is 2.47. The van der Waals surface area contributed by atoms with Gasteiger partial charge in [0.2, 0.25) is 17.6 Å². The van der Waals surface area contributed by atoms with Gasteiger partial charge in [-0.15, -0.1) is 0 Å². The van der Waals surface area contributed by atoms with Crippen LogP contribution in [0.2, 0.25) is 0 Å². The summed E-state index contributed by atoms with van der Waals surface area (Å²) in [5.41, 5.74) is 4.02. The van der Waals surface area contributed by atoms with Crippen molar-refractivity contribution < 1.29 is 14.1 Å². The number of nitrogens with zero attached hydrogens (tertiary/aromatic N) is 4. The number of amides is 1. The largest absolute Gasteiger partial charge is 0.381 e. The Morgan fingerprint density at radius 2 is 2.22 bits per heavy atom. The first-order valence-electron chi connectivity index (χ1n) is 9.73. The molecule has 1 amide bonds. The first-order valence-corrected chi connectivity index (χ1v) is 9.73. The summed E-state index contributed by atoms with van der Waals surface area (Å²) in [6.07, 6.45) is 5.62. The van der Waals surface area contributed by atoms with Crippen LogP contribution in [0.4, 0.5) is 0 Å². The number of fused-ring (bicyclic) bond motifs is 1. The second-order valence-electron chi connectivity index (χ2n) is 8.28. The third kappa shape index (κ3) is 2.84. The van der Waals surface area contributed by atoms with Gasteiger partial charge in [0, 0.05) is 42.6 Å². The van der Waals surface area contributed by atoms with Gasteiger partial charge in [-0.2, -0.15) is 4.98 Å². The van der Waals surface area contributed by atoms with E-state index < -0.39 is 0 Å². The molecule has 7 heteroatoms. The Labute approximate surface area is 158 Å². The topological polar surface area (TPSA) is 81.3 Å². The fourth-order valence-corrected chi connectivity index (χ4v) is 4.13. The fraction of sp³-hybridized carbons (Fsp3) is 0.600. The van der Waals surface area contributed by atoms with Crippen LogP contribution in [-0.4, -0.2) is 45.7 Å². The number of aryl methyl sites for hydroxylation is 1. The Morgan fingerprint density at radius 1 is 1.37 bits per heavy atom. The van der Waals surface area contributed by atoms with Gasteiger partial charge in [0.15, 0.2) is 0 Å². The zero-order valence-electron chi connectivity index (χ0n) is 15.8. The van der Waals surface area contributed by atoms with Crippen molar-refractivity contribution in [2.45, 2.75) is 52.0 Å². The van der Waals surface area contributed by atoms with E-state index in [4.69, 9.17) is 9.26 Å². The van der Waals surface area contributed by atoms with Gasteiger partial charge in [-0.25, -0.2) is 0 Å². The van der Waals surface area contributed by atoms with Crippen LogP contribution in [0.1, 0.15) is 54.8 Å². The average molecular weight is 368 g/mol. The molecule has 2 aromatic heterocycles. The van der Waals surface area contributed by atoms with E-state index in [2.05, 4.69) is 22.0 Å². The van der Waals surface area contributed by atoms with Gasteiger partial charge < -0.3 is 14.2 Å². The molecule has 1 aliphatic carbocycles. The lowest BCUT2D eigenvalue weighted by atomic mass is 9.93. The number of aromatic nitrogens is 3. The highest BCUT2D eigenvalue weighted by Gasteiger charge is 2.47. The van der Waals surface area contributed by atoms with E-state index in [9.17, 15) is 4.79 Å². The van der Waals surface area contributed by atoms with Crippen LogP contribution in [0.5, 0.6) is 0 Å². The maximum atomic E-state index is 12.7. The van der Waals surface area contributed by atoms with Crippen molar-refractivity contribution in [1.29, 1.82) is 0 Å². The van der Waals surface area contributed by atoms with E-state index in [1.165, 1.54) is 5.56 Å². The molecule has 2 aromatic rings. The number of rotatable bonds is 3. The molecule has 0 bridgehead atoms. The number of carbonyl (C=O) groups excluding carboxylic acids is 1. The van der Waals surface area contributed by atoms with Crippen molar-refractivity contribution in [2.24, 2.45) is 5.41 Å². The minimum absolute atomic E-state index is 0.135. The lowest BCUT2D eigenvalue weighted by Gasteiger charge is -2.32. The molecule has 4 heterocycles. The van der Waals surface area contributed by atoms with Crippen molar-refractivity contribution >= 4 is 5.91 Å². The number of ether oxygens (including phenoxy) is 1. The first-order chi connectivity index (χ1) is 13.0. The third-order valence-corrected chi connectivity index (χ3v) is 6.21. The second-order valence-corrected chi connectivity index (χ2v) is 8.28. The summed E-state index contributed by atoms with van der Waals surface area (Å²) >= 11 is 0. The summed E-state index contributed by atoms with van der Waals surface area (Å²) in [5.74, 6) is 1.71. The molecule has 1 unspecified atom stereocenters. The summed E-state index contributed by atoms with van der Waals surface area (Å²) in [6, 6.07) is 0. The molecule has 0 radical (unpaired) electrons. The van der Waals surface area contributed by atoms with Crippen LogP contribution >= 0.6 is 0 Å². The van der Waals surface area contributed by atoms with Crippen LogP contribution < -0.4 is 0 Å². The summed E-state index contributed by atoms with van der Waals surface area (Å²) in [5, 5.41) is 4.24. The van der Waals surface area contributed by atoms with Gasteiger partial charge in [-0.05, 0) is 43.7 Å². The molecular weight excluding hydrogens is 344 g/mol. The molecule has 2 fully saturated rings.